The standard InChI is InChI=1S/C20H16BrN5O4/c1-2-4-18-24-16-8-7-14(21)11-15(16)20(27)25(18)23-12-13-5-3-6-17(26(28)29)19(13)30-10-9-22/h3,5-8,11-12H,2,4,10H2,1H3. The van der Waals surface area contributed by atoms with E-state index in [1.165, 1.54) is 23.0 Å². The number of halogens is 1. The minimum absolute atomic E-state index is 0.0885. The summed E-state index contributed by atoms with van der Waals surface area (Å²) in [6, 6.07) is 11.3. The highest BCUT2D eigenvalue weighted by molar-refractivity contribution is 9.10. The molecule has 0 bridgehead atoms. The first kappa shape index (κ1) is 21.1. The maximum Gasteiger partial charge on any atom is 0.311 e. The number of hydrogen-bond donors (Lipinski definition) is 0. The summed E-state index contributed by atoms with van der Waals surface area (Å²) >= 11 is 3.35. The van der Waals surface area contributed by atoms with Gasteiger partial charge in [-0.1, -0.05) is 28.9 Å². The van der Waals surface area contributed by atoms with Crippen molar-refractivity contribution in [3.8, 4) is 11.8 Å². The van der Waals surface area contributed by atoms with Crippen LogP contribution >= 0.6 is 15.9 Å². The number of rotatable bonds is 7. The Morgan fingerprint density at radius 2 is 2.20 bits per heavy atom. The van der Waals surface area contributed by atoms with Crippen LogP contribution < -0.4 is 10.3 Å². The van der Waals surface area contributed by atoms with Crippen LogP contribution in [0.1, 0.15) is 24.7 Å². The molecule has 30 heavy (non-hydrogen) atoms. The Balaban J connectivity index is 2.16. The predicted octanol–water partition coefficient (Wildman–Crippen LogP) is 3.80. The predicted molar refractivity (Wildman–Crippen MR) is 115 cm³/mol. The van der Waals surface area contributed by atoms with E-state index in [1.807, 2.05) is 6.92 Å². The van der Waals surface area contributed by atoms with E-state index < -0.39 is 4.92 Å². The van der Waals surface area contributed by atoms with E-state index in [4.69, 9.17) is 10.00 Å². The van der Waals surface area contributed by atoms with Crippen molar-refractivity contribution in [2.24, 2.45) is 5.10 Å². The van der Waals surface area contributed by atoms with E-state index in [-0.39, 0.29) is 29.2 Å². The second kappa shape index (κ2) is 9.28. The van der Waals surface area contributed by atoms with Crippen molar-refractivity contribution in [3.63, 3.8) is 0 Å². The molecule has 3 aromatic rings. The molecule has 9 nitrogen and oxygen atoms in total. The van der Waals surface area contributed by atoms with Crippen LogP contribution in [0.15, 0.2) is 50.8 Å². The lowest BCUT2D eigenvalue weighted by Crippen LogP contribution is -2.22. The molecule has 10 heteroatoms. The third-order valence-corrected chi connectivity index (χ3v) is 4.66. The number of benzene rings is 2. The van der Waals surface area contributed by atoms with Crippen LogP contribution in [0.5, 0.6) is 5.75 Å². The molecule has 1 heterocycles. The van der Waals surface area contributed by atoms with Gasteiger partial charge in [-0.3, -0.25) is 14.9 Å². The Hall–Kier alpha value is -3.58. The molecule has 0 aliphatic rings. The molecule has 152 valence electrons. The average Bonchev–Trinajstić information content (AvgIpc) is 2.73. The van der Waals surface area contributed by atoms with Gasteiger partial charge in [-0.05, 0) is 30.7 Å². The topological polar surface area (TPSA) is 123 Å². The van der Waals surface area contributed by atoms with E-state index in [2.05, 4.69) is 26.0 Å². The summed E-state index contributed by atoms with van der Waals surface area (Å²) in [5.41, 5.74) is 0.177. The maximum absolute atomic E-state index is 13.0. The molecule has 0 atom stereocenters. The summed E-state index contributed by atoms with van der Waals surface area (Å²) in [4.78, 5) is 28.3. The van der Waals surface area contributed by atoms with Crippen molar-refractivity contribution >= 4 is 38.7 Å². The highest BCUT2D eigenvalue weighted by atomic mass is 79.9. The molecule has 0 amide bonds. The lowest BCUT2D eigenvalue weighted by molar-refractivity contribution is -0.385. The summed E-state index contributed by atoms with van der Waals surface area (Å²) in [5.74, 6) is 0.382. The molecule has 0 N–H and O–H groups in total. The van der Waals surface area contributed by atoms with Crippen molar-refractivity contribution in [2.75, 3.05) is 6.61 Å². The number of aromatic nitrogens is 2. The first-order valence-electron chi connectivity index (χ1n) is 8.99. The van der Waals surface area contributed by atoms with Crippen LogP contribution in [-0.2, 0) is 6.42 Å². The van der Waals surface area contributed by atoms with Gasteiger partial charge in [0, 0.05) is 22.5 Å². The van der Waals surface area contributed by atoms with E-state index >= 15 is 0 Å². The summed E-state index contributed by atoms with van der Waals surface area (Å²) in [6.45, 7) is 1.60. The van der Waals surface area contributed by atoms with Crippen LogP contribution in [0.3, 0.4) is 0 Å². The Kier molecular flexibility index (Phi) is 6.54. The van der Waals surface area contributed by atoms with Gasteiger partial charge in [0.2, 0.25) is 5.75 Å². The molecule has 0 saturated carbocycles. The van der Waals surface area contributed by atoms with E-state index in [9.17, 15) is 14.9 Å². The van der Waals surface area contributed by atoms with Gasteiger partial charge in [0.25, 0.3) is 5.56 Å². The van der Waals surface area contributed by atoms with Gasteiger partial charge in [-0.25, -0.2) is 4.98 Å². The van der Waals surface area contributed by atoms with Crippen molar-refractivity contribution in [2.45, 2.75) is 19.8 Å². The summed E-state index contributed by atoms with van der Waals surface area (Å²) < 4.78 is 7.18. The Morgan fingerprint density at radius 1 is 1.40 bits per heavy atom. The van der Waals surface area contributed by atoms with Gasteiger partial charge in [0.15, 0.2) is 6.61 Å². The quantitative estimate of drug-likeness (QED) is 0.294. The minimum Gasteiger partial charge on any atom is -0.471 e. The lowest BCUT2D eigenvalue weighted by Gasteiger charge is -2.09. The molecule has 0 radical (unpaired) electrons. The number of fused-ring (bicyclic) bond motifs is 1. The van der Waals surface area contributed by atoms with Crippen LogP contribution in [0.25, 0.3) is 10.9 Å². The largest absolute Gasteiger partial charge is 0.471 e. The highest BCUT2D eigenvalue weighted by Gasteiger charge is 2.18. The van der Waals surface area contributed by atoms with Crippen LogP contribution in [0.2, 0.25) is 0 Å². The minimum atomic E-state index is -0.603. The van der Waals surface area contributed by atoms with Gasteiger partial charge in [-0.2, -0.15) is 15.0 Å². The SMILES string of the molecule is CCCc1nc2ccc(Br)cc2c(=O)n1N=Cc1cccc([N+](=O)[O-])c1OCC#N. The van der Waals surface area contributed by atoms with Crippen molar-refractivity contribution < 1.29 is 9.66 Å². The number of nitriles is 1. The molecule has 1 aromatic heterocycles. The molecule has 0 fully saturated rings. The third kappa shape index (κ3) is 4.36. The number of para-hydroxylation sites is 1. The monoisotopic (exact) mass is 469 g/mol. The van der Waals surface area contributed by atoms with Crippen LogP contribution in [0, 0.1) is 21.4 Å². The van der Waals surface area contributed by atoms with Crippen LogP contribution in [0.4, 0.5) is 5.69 Å². The van der Waals surface area contributed by atoms with Crippen molar-refractivity contribution in [1.29, 1.82) is 5.26 Å². The van der Waals surface area contributed by atoms with Gasteiger partial charge in [0.1, 0.15) is 11.9 Å². The Bertz CT molecular complexity index is 1250. The maximum atomic E-state index is 13.0. The van der Waals surface area contributed by atoms with Gasteiger partial charge in [0.05, 0.1) is 22.0 Å². The zero-order chi connectivity index (χ0) is 21.7. The van der Waals surface area contributed by atoms with Gasteiger partial charge in [-0.15, -0.1) is 0 Å². The molecular formula is C20H16BrN5O4. The van der Waals surface area contributed by atoms with Crippen LogP contribution in [-0.4, -0.2) is 27.4 Å². The molecule has 0 aliphatic carbocycles. The summed E-state index contributed by atoms with van der Waals surface area (Å²) in [7, 11) is 0. The molecule has 0 unspecified atom stereocenters. The fourth-order valence-corrected chi connectivity index (χ4v) is 3.23. The third-order valence-electron chi connectivity index (χ3n) is 4.16. The summed E-state index contributed by atoms with van der Waals surface area (Å²) in [5, 5.41) is 24.7. The smallest absolute Gasteiger partial charge is 0.311 e. The van der Waals surface area contributed by atoms with Gasteiger partial charge >= 0.3 is 5.69 Å². The van der Waals surface area contributed by atoms with E-state index in [1.54, 1.807) is 30.3 Å². The fraction of sp³-hybridized carbons (Fsp3) is 0.200. The molecule has 0 spiro atoms. The first-order valence-corrected chi connectivity index (χ1v) is 9.78. The summed E-state index contributed by atoms with van der Waals surface area (Å²) in [6.07, 6.45) is 2.56. The lowest BCUT2D eigenvalue weighted by atomic mass is 10.2. The zero-order valence-electron chi connectivity index (χ0n) is 15.9. The molecular weight excluding hydrogens is 454 g/mol. The molecule has 0 aliphatic heterocycles. The second-order valence-electron chi connectivity index (χ2n) is 6.20. The Morgan fingerprint density at radius 3 is 2.90 bits per heavy atom. The Labute approximate surface area is 179 Å². The number of hydrogen-bond acceptors (Lipinski definition) is 7. The van der Waals surface area contributed by atoms with E-state index in [0.29, 0.717) is 23.1 Å². The number of ether oxygens (including phenoxy) is 1. The first-order chi connectivity index (χ1) is 14.5. The number of nitrogens with zero attached hydrogens (tertiary/aromatic N) is 5. The van der Waals surface area contributed by atoms with Crippen molar-refractivity contribution in [3.05, 3.63) is 72.7 Å². The molecule has 3 rings (SSSR count). The fourth-order valence-electron chi connectivity index (χ4n) is 2.87. The zero-order valence-corrected chi connectivity index (χ0v) is 17.5. The normalized spacial score (nSPS) is 11.0. The average molecular weight is 470 g/mol. The number of aryl methyl sites for hydroxylation is 1. The highest BCUT2D eigenvalue weighted by Crippen LogP contribution is 2.30. The number of nitro benzene ring substituents is 1. The number of nitro groups is 1. The van der Waals surface area contributed by atoms with Gasteiger partial charge < -0.3 is 4.74 Å². The molecule has 0 saturated heterocycles. The van der Waals surface area contributed by atoms with E-state index in [0.717, 1.165) is 10.9 Å². The molecule has 2 aromatic carbocycles. The second-order valence-corrected chi connectivity index (χ2v) is 7.12. The van der Waals surface area contributed by atoms with Crippen molar-refractivity contribution in [1.82, 2.24) is 9.66 Å².